The second-order valence-electron chi connectivity index (χ2n) is 5.90. The van der Waals surface area contributed by atoms with Crippen LogP contribution in [0.2, 0.25) is 0 Å². The molecule has 2 N–H and O–H groups in total. The van der Waals surface area contributed by atoms with Crippen LogP contribution >= 0.6 is 11.3 Å². The summed E-state index contributed by atoms with van der Waals surface area (Å²) in [6, 6.07) is 7.63. The fraction of sp³-hybridized carbons (Fsp3) is 0.444. The van der Waals surface area contributed by atoms with E-state index in [1.165, 1.54) is 15.9 Å². The third-order valence-electron chi connectivity index (χ3n) is 4.20. The van der Waals surface area contributed by atoms with Crippen molar-refractivity contribution in [3.05, 3.63) is 40.5 Å². The molecule has 0 aliphatic rings. The largest absolute Gasteiger partial charge is 0.494 e. The van der Waals surface area contributed by atoms with Crippen molar-refractivity contribution in [1.82, 2.24) is 19.5 Å². The first-order valence-electron chi connectivity index (χ1n) is 8.71. The molecule has 140 valence electrons. The number of fused-ring (bicyclic) bond motifs is 1. The van der Waals surface area contributed by atoms with Crippen LogP contribution in [-0.2, 0) is 0 Å². The van der Waals surface area contributed by atoms with Crippen LogP contribution in [0.1, 0.15) is 36.2 Å². The lowest BCUT2D eigenvalue weighted by Gasteiger charge is -2.30. The molecule has 0 spiro atoms. The Labute approximate surface area is 156 Å². The molecule has 2 aromatic heterocycles. The maximum absolute atomic E-state index is 10.8. The Kier molecular flexibility index (Phi) is 5.75. The third kappa shape index (κ3) is 3.53. The second kappa shape index (κ2) is 8.03. The van der Waals surface area contributed by atoms with E-state index in [0.29, 0.717) is 23.9 Å². The van der Waals surface area contributed by atoms with Crippen molar-refractivity contribution in [3.8, 4) is 11.6 Å². The molecule has 0 radical (unpaired) electrons. The van der Waals surface area contributed by atoms with Gasteiger partial charge in [0.1, 0.15) is 11.6 Å². The zero-order valence-corrected chi connectivity index (χ0v) is 16.0. The average molecular weight is 376 g/mol. The topological polar surface area (TPSA) is 83.1 Å². The quantitative estimate of drug-likeness (QED) is 0.629. The van der Waals surface area contributed by atoms with E-state index in [0.717, 1.165) is 22.7 Å². The number of aliphatic hydroxyl groups is 1. The van der Waals surface area contributed by atoms with Crippen molar-refractivity contribution in [3.63, 3.8) is 0 Å². The van der Waals surface area contributed by atoms with Gasteiger partial charge in [0, 0.05) is 6.54 Å². The fourth-order valence-electron chi connectivity index (χ4n) is 3.09. The van der Waals surface area contributed by atoms with E-state index in [2.05, 4.69) is 15.0 Å². The summed E-state index contributed by atoms with van der Waals surface area (Å²) in [6.45, 7) is 7.61. The van der Waals surface area contributed by atoms with Gasteiger partial charge >= 0.3 is 0 Å². The highest BCUT2D eigenvalue weighted by Gasteiger charge is 2.28. The minimum absolute atomic E-state index is 0.0378. The van der Waals surface area contributed by atoms with Gasteiger partial charge in [-0.05, 0) is 38.1 Å². The molecule has 2 heterocycles. The fourth-order valence-corrected chi connectivity index (χ4v) is 4.26. The Morgan fingerprint density at radius 2 is 2.15 bits per heavy atom. The molecule has 0 aliphatic heterocycles. The van der Waals surface area contributed by atoms with Gasteiger partial charge in [-0.1, -0.05) is 30.4 Å². The smallest absolute Gasteiger partial charge is 0.230 e. The molecule has 0 bridgehead atoms. The van der Waals surface area contributed by atoms with E-state index in [4.69, 9.17) is 4.74 Å². The highest BCUT2D eigenvalue weighted by Crippen LogP contribution is 2.40. The van der Waals surface area contributed by atoms with Crippen molar-refractivity contribution >= 4 is 16.3 Å². The van der Waals surface area contributed by atoms with Gasteiger partial charge in [0.2, 0.25) is 10.8 Å². The van der Waals surface area contributed by atoms with E-state index in [1.807, 2.05) is 38.1 Å². The maximum Gasteiger partial charge on any atom is 0.230 e. The van der Waals surface area contributed by atoms with Crippen molar-refractivity contribution in [2.75, 3.05) is 26.3 Å². The van der Waals surface area contributed by atoms with Gasteiger partial charge in [-0.25, -0.2) is 4.98 Å². The van der Waals surface area contributed by atoms with Crippen LogP contribution in [0.4, 0.5) is 0 Å². The molecule has 0 amide bonds. The van der Waals surface area contributed by atoms with Gasteiger partial charge in [0.15, 0.2) is 0 Å². The highest BCUT2D eigenvalue weighted by atomic mass is 32.1. The number of thiazole rings is 1. The molecule has 3 rings (SSSR count). The molecule has 1 unspecified atom stereocenters. The Bertz CT molecular complexity index is 877. The van der Waals surface area contributed by atoms with E-state index in [9.17, 15) is 10.2 Å². The lowest BCUT2D eigenvalue weighted by molar-refractivity contribution is 0.174. The van der Waals surface area contributed by atoms with Crippen LogP contribution < -0.4 is 4.74 Å². The van der Waals surface area contributed by atoms with Gasteiger partial charge in [0.05, 0.1) is 24.1 Å². The molecule has 7 nitrogen and oxygen atoms in total. The summed E-state index contributed by atoms with van der Waals surface area (Å²) in [6.07, 6.45) is 0. The zero-order valence-electron chi connectivity index (χ0n) is 15.2. The molecule has 1 atom stereocenters. The van der Waals surface area contributed by atoms with E-state index in [-0.39, 0.29) is 18.5 Å². The molecule has 8 heteroatoms. The number of hydrogen-bond donors (Lipinski definition) is 2. The predicted molar refractivity (Wildman–Crippen MR) is 101 cm³/mol. The Morgan fingerprint density at radius 1 is 1.35 bits per heavy atom. The molecular formula is C18H24N4O3S. The number of aryl methyl sites for hydroxylation is 1. The van der Waals surface area contributed by atoms with Crippen LogP contribution in [0.5, 0.6) is 11.6 Å². The first kappa shape index (κ1) is 18.6. The molecule has 26 heavy (non-hydrogen) atoms. The summed E-state index contributed by atoms with van der Waals surface area (Å²) in [7, 11) is 0. The van der Waals surface area contributed by atoms with Crippen molar-refractivity contribution in [1.29, 1.82) is 0 Å². The predicted octanol–water partition coefficient (Wildman–Crippen LogP) is 2.61. The molecule has 0 fully saturated rings. The van der Waals surface area contributed by atoms with E-state index < -0.39 is 0 Å². The average Bonchev–Trinajstić information content (AvgIpc) is 3.13. The van der Waals surface area contributed by atoms with E-state index >= 15 is 0 Å². The number of aromatic nitrogens is 3. The summed E-state index contributed by atoms with van der Waals surface area (Å²) in [5, 5.41) is 24.5. The van der Waals surface area contributed by atoms with Gasteiger partial charge in [0.25, 0.3) is 0 Å². The lowest BCUT2D eigenvalue weighted by Crippen LogP contribution is -2.31. The number of hydrogen-bond acceptors (Lipinski definition) is 7. The van der Waals surface area contributed by atoms with Gasteiger partial charge in [-0.15, -0.1) is 5.10 Å². The van der Waals surface area contributed by atoms with Crippen molar-refractivity contribution in [2.45, 2.75) is 26.8 Å². The Hall–Kier alpha value is -2.16. The minimum atomic E-state index is -0.221. The molecule has 0 saturated carbocycles. The van der Waals surface area contributed by atoms with Gasteiger partial charge in [-0.2, -0.15) is 4.52 Å². The van der Waals surface area contributed by atoms with Gasteiger partial charge < -0.3 is 14.9 Å². The van der Waals surface area contributed by atoms with Crippen LogP contribution in [0.3, 0.4) is 0 Å². The summed E-state index contributed by atoms with van der Waals surface area (Å²) in [5.74, 6) is 1.49. The number of benzene rings is 1. The summed E-state index contributed by atoms with van der Waals surface area (Å²) in [5.41, 5.74) is 0.989. The zero-order chi connectivity index (χ0) is 18.7. The van der Waals surface area contributed by atoms with Crippen LogP contribution in [0.15, 0.2) is 24.3 Å². The number of aliphatic hydroxyl groups excluding tert-OH is 1. The summed E-state index contributed by atoms with van der Waals surface area (Å²) >= 11 is 1.41. The molecular weight excluding hydrogens is 352 g/mol. The van der Waals surface area contributed by atoms with Crippen LogP contribution in [0.25, 0.3) is 4.96 Å². The monoisotopic (exact) mass is 376 g/mol. The number of aromatic hydroxyl groups is 1. The normalized spacial score (nSPS) is 12.8. The maximum atomic E-state index is 10.8. The highest BCUT2D eigenvalue weighted by molar-refractivity contribution is 7.17. The van der Waals surface area contributed by atoms with E-state index in [1.54, 1.807) is 6.92 Å². The Balaban J connectivity index is 2.11. The number of ether oxygens (including phenoxy) is 1. The standard InChI is InChI=1S/C18H24N4O3S/c1-4-21(9-10-23)15(13-7-6-8-14(11-13)25-5-2)16-17(24)22-18(26-16)19-12(3)20-22/h6-8,11,15,23-24H,4-5,9-10H2,1-3H3. The first-order valence-corrected chi connectivity index (χ1v) is 9.53. The van der Waals surface area contributed by atoms with Crippen LogP contribution in [-0.4, -0.2) is 56.0 Å². The summed E-state index contributed by atoms with van der Waals surface area (Å²) < 4.78 is 7.11. The molecule has 0 saturated heterocycles. The first-order chi connectivity index (χ1) is 12.6. The van der Waals surface area contributed by atoms with Crippen LogP contribution in [0, 0.1) is 6.92 Å². The number of likely N-dealkylation sites (N-methyl/N-ethyl adjacent to an activating group) is 1. The SMILES string of the molecule is CCOc1cccc(C(c2sc3nc(C)nn3c2O)N(CC)CCO)c1. The summed E-state index contributed by atoms with van der Waals surface area (Å²) in [4.78, 5) is 7.89. The number of nitrogens with zero attached hydrogens (tertiary/aromatic N) is 4. The lowest BCUT2D eigenvalue weighted by atomic mass is 10.0. The van der Waals surface area contributed by atoms with Gasteiger partial charge in [-0.3, -0.25) is 4.90 Å². The van der Waals surface area contributed by atoms with Crippen molar-refractivity contribution in [2.24, 2.45) is 0 Å². The molecule has 0 aliphatic carbocycles. The minimum Gasteiger partial charge on any atom is -0.494 e. The molecule has 3 aromatic rings. The molecule has 1 aromatic carbocycles. The second-order valence-corrected chi connectivity index (χ2v) is 6.91. The Morgan fingerprint density at radius 3 is 2.81 bits per heavy atom. The number of rotatable bonds is 8. The van der Waals surface area contributed by atoms with Crippen molar-refractivity contribution < 1.29 is 14.9 Å². The third-order valence-corrected chi connectivity index (χ3v) is 5.27.